The van der Waals surface area contributed by atoms with Gasteiger partial charge in [0, 0.05) is 12.2 Å². The number of para-hydroxylation sites is 1. The molecule has 1 N–H and O–H groups in total. The van der Waals surface area contributed by atoms with Crippen LogP contribution >= 0.6 is 0 Å². The lowest BCUT2D eigenvalue weighted by molar-refractivity contribution is -0.120. The molecule has 0 atom stereocenters. The van der Waals surface area contributed by atoms with E-state index < -0.39 is 0 Å². The summed E-state index contributed by atoms with van der Waals surface area (Å²) >= 11 is 0. The fourth-order valence-electron chi connectivity index (χ4n) is 3.17. The number of carbonyl (C=O) groups is 1. The number of nitrogens with one attached hydrogen (secondary N) is 1. The highest BCUT2D eigenvalue weighted by molar-refractivity contribution is 5.94. The molecule has 1 aromatic carbocycles. The molecule has 1 saturated heterocycles. The molecular weight excluding hydrogens is 274 g/mol. The molecule has 1 amide bonds. The van der Waals surface area contributed by atoms with E-state index in [0.29, 0.717) is 6.54 Å². The number of likely N-dealkylation sites (tertiary alicyclic amines) is 1. The summed E-state index contributed by atoms with van der Waals surface area (Å²) in [5.41, 5.74) is 0.999. The topological polar surface area (TPSA) is 35.6 Å². The average molecular weight is 303 g/mol. The lowest BCUT2D eigenvalue weighted by atomic mass is 9.93. The molecule has 0 aromatic heterocycles. The van der Waals surface area contributed by atoms with Gasteiger partial charge in [0.05, 0.1) is 6.54 Å². The van der Waals surface area contributed by atoms with Crippen LogP contribution in [0.1, 0.15) is 26.2 Å². The van der Waals surface area contributed by atoms with E-state index in [4.69, 9.17) is 0 Å². The number of piperidine rings is 1. The van der Waals surface area contributed by atoms with Crippen molar-refractivity contribution in [1.82, 2.24) is 10.2 Å². The van der Waals surface area contributed by atoms with Crippen molar-refractivity contribution >= 4 is 11.6 Å². The van der Waals surface area contributed by atoms with Gasteiger partial charge >= 0.3 is 0 Å². The molecule has 4 nitrogen and oxygen atoms in total. The van der Waals surface area contributed by atoms with Crippen molar-refractivity contribution in [3.63, 3.8) is 0 Å². The first-order valence-corrected chi connectivity index (χ1v) is 8.47. The van der Waals surface area contributed by atoms with Crippen molar-refractivity contribution in [1.29, 1.82) is 0 Å². The van der Waals surface area contributed by atoms with E-state index in [2.05, 4.69) is 10.2 Å². The summed E-state index contributed by atoms with van der Waals surface area (Å²) < 4.78 is 0. The molecule has 1 aliphatic rings. The van der Waals surface area contributed by atoms with Crippen molar-refractivity contribution in [2.24, 2.45) is 5.92 Å². The van der Waals surface area contributed by atoms with Crippen LogP contribution in [0.5, 0.6) is 0 Å². The largest absolute Gasteiger partial charge is 0.320 e. The summed E-state index contributed by atoms with van der Waals surface area (Å²) in [5, 5.41) is 3.22. The van der Waals surface area contributed by atoms with Crippen molar-refractivity contribution in [2.45, 2.75) is 26.2 Å². The van der Waals surface area contributed by atoms with Gasteiger partial charge in [-0.2, -0.15) is 0 Å². The number of nitrogens with zero attached hydrogens (tertiary/aromatic N) is 2. The minimum absolute atomic E-state index is 0.211. The van der Waals surface area contributed by atoms with Crippen LogP contribution in [0.15, 0.2) is 30.3 Å². The molecule has 0 radical (unpaired) electrons. The molecule has 122 valence electrons. The summed E-state index contributed by atoms with van der Waals surface area (Å²) in [6.07, 6.45) is 3.68. The average Bonchev–Trinajstić information content (AvgIpc) is 2.56. The zero-order valence-electron chi connectivity index (χ0n) is 13.9. The number of carbonyl (C=O) groups excluding carboxylic acids is 1. The molecule has 22 heavy (non-hydrogen) atoms. The van der Waals surface area contributed by atoms with E-state index in [1.165, 1.54) is 19.3 Å². The van der Waals surface area contributed by atoms with Gasteiger partial charge in [-0.3, -0.25) is 9.69 Å². The van der Waals surface area contributed by atoms with Crippen molar-refractivity contribution in [3.05, 3.63) is 30.3 Å². The van der Waals surface area contributed by atoms with E-state index in [1.54, 1.807) is 0 Å². The Bertz CT molecular complexity index is 441. The maximum absolute atomic E-state index is 12.6. The van der Waals surface area contributed by atoms with Crippen molar-refractivity contribution < 1.29 is 4.79 Å². The predicted molar refractivity (Wildman–Crippen MR) is 92.2 cm³/mol. The maximum Gasteiger partial charge on any atom is 0.241 e. The fraction of sp³-hybridized carbons (Fsp3) is 0.611. The van der Waals surface area contributed by atoms with E-state index in [-0.39, 0.29) is 5.91 Å². The van der Waals surface area contributed by atoms with E-state index in [1.807, 2.05) is 49.2 Å². The molecule has 0 bridgehead atoms. The Labute approximate surface area is 134 Å². The first kappa shape index (κ1) is 17.0. The molecule has 1 aliphatic heterocycles. The second-order valence-electron chi connectivity index (χ2n) is 6.09. The summed E-state index contributed by atoms with van der Waals surface area (Å²) in [6.45, 7) is 6.50. The lowest BCUT2D eigenvalue weighted by Crippen LogP contribution is -2.43. The molecule has 1 fully saturated rings. The highest BCUT2D eigenvalue weighted by atomic mass is 16.2. The van der Waals surface area contributed by atoms with Crippen LogP contribution in [0.4, 0.5) is 5.69 Å². The van der Waals surface area contributed by atoms with Crippen LogP contribution in [0.25, 0.3) is 0 Å². The van der Waals surface area contributed by atoms with E-state index in [0.717, 1.165) is 37.8 Å². The standard InChI is InChI=1S/C18H29N3O/c1-3-21(17-7-5-4-6-8-17)18(22)15-20-13-10-16(11-14-20)9-12-19-2/h4-8,16,19H,3,9-15H2,1-2H3. The molecule has 1 heterocycles. The molecule has 2 rings (SSSR count). The van der Waals surface area contributed by atoms with Crippen molar-refractivity contribution in [2.75, 3.05) is 44.7 Å². The van der Waals surface area contributed by atoms with Gasteiger partial charge in [-0.05, 0) is 70.9 Å². The highest BCUT2D eigenvalue weighted by Crippen LogP contribution is 2.20. The third kappa shape index (κ3) is 4.82. The first-order chi connectivity index (χ1) is 10.7. The number of benzene rings is 1. The van der Waals surface area contributed by atoms with Crippen molar-refractivity contribution in [3.8, 4) is 0 Å². The zero-order chi connectivity index (χ0) is 15.8. The highest BCUT2D eigenvalue weighted by Gasteiger charge is 2.22. The number of hydrogen-bond donors (Lipinski definition) is 1. The SMILES string of the molecule is CCN(C(=O)CN1CCC(CCNC)CC1)c1ccccc1. The molecule has 4 heteroatoms. The second-order valence-corrected chi connectivity index (χ2v) is 6.09. The Morgan fingerprint density at radius 2 is 1.95 bits per heavy atom. The van der Waals surface area contributed by atoms with Gasteiger partial charge in [0.15, 0.2) is 0 Å². The smallest absolute Gasteiger partial charge is 0.241 e. The van der Waals surface area contributed by atoms with E-state index in [9.17, 15) is 4.79 Å². The maximum atomic E-state index is 12.6. The van der Waals surface area contributed by atoms with Gasteiger partial charge in [-0.15, -0.1) is 0 Å². The first-order valence-electron chi connectivity index (χ1n) is 8.47. The Morgan fingerprint density at radius 3 is 2.55 bits per heavy atom. The van der Waals surface area contributed by atoms with Gasteiger partial charge in [-0.25, -0.2) is 0 Å². The minimum atomic E-state index is 0.211. The number of rotatable bonds is 7. The molecule has 0 aliphatic carbocycles. The summed E-state index contributed by atoms with van der Waals surface area (Å²) in [7, 11) is 2.01. The minimum Gasteiger partial charge on any atom is -0.320 e. The summed E-state index contributed by atoms with van der Waals surface area (Å²) in [6, 6.07) is 9.96. The van der Waals surface area contributed by atoms with Gasteiger partial charge in [0.2, 0.25) is 5.91 Å². The Morgan fingerprint density at radius 1 is 1.27 bits per heavy atom. The molecular formula is C18H29N3O. The van der Waals surface area contributed by atoms with Crippen LogP contribution in [0, 0.1) is 5.92 Å². The lowest BCUT2D eigenvalue weighted by Gasteiger charge is -2.33. The number of anilines is 1. The monoisotopic (exact) mass is 303 g/mol. The van der Waals surface area contributed by atoms with Crippen LogP contribution in [0.3, 0.4) is 0 Å². The Hall–Kier alpha value is -1.39. The second kappa shape index (κ2) is 8.91. The van der Waals surface area contributed by atoms with Gasteiger partial charge in [-0.1, -0.05) is 18.2 Å². The zero-order valence-corrected chi connectivity index (χ0v) is 13.9. The predicted octanol–water partition coefficient (Wildman–Crippen LogP) is 2.36. The molecule has 0 spiro atoms. The van der Waals surface area contributed by atoms with Crippen LogP contribution in [-0.2, 0) is 4.79 Å². The van der Waals surface area contributed by atoms with Crippen LogP contribution < -0.4 is 10.2 Å². The third-order valence-corrected chi connectivity index (χ3v) is 4.55. The van der Waals surface area contributed by atoms with Gasteiger partial charge in [0.25, 0.3) is 0 Å². The fourth-order valence-corrected chi connectivity index (χ4v) is 3.17. The third-order valence-electron chi connectivity index (χ3n) is 4.55. The Kier molecular flexibility index (Phi) is 6.87. The molecule has 0 unspecified atom stereocenters. The van der Waals surface area contributed by atoms with Gasteiger partial charge < -0.3 is 10.2 Å². The number of amides is 1. The summed E-state index contributed by atoms with van der Waals surface area (Å²) in [4.78, 5) is 16.8. The van der Waals surface area contributed by atoms with Gasteiger partial charge in [0.1, 0.15) is 0 Å². The quantitative estimate of drug-likeness (QED) is 0.840. The van der Waals surface area contributed by atoms with Crippen LogP contribution in [-0.4, -0.2) is 50.6 Å². The summed E-state index contributed by atoms with van der Waals surface area (Å²) in [5.74, 6) is 1.03. The Balaban J connectivity index is 1.82. The number of hydrogen-bond acceptors (Lipinski definition) is 3. The number of likely N-dealkylation sites (N-methyl/N-ethyl adjacent to an activating group) is 1. The molecule has 1 aromatic rings. The molecule has 0 saturated carbocycles. The van der Waals surface area contributed by atoms with Crippen LogP contribution in [0.2, 0.25) is 0 Å². The van der Waals surface area contributed by atoms with E-state index >= 15 is 0 Å². The normalized spacial score (nSPS) is 16.6.